The van der Waals surface area contributed by atoms with Crippen molar-refractivity contribution < 1.29 is 9.59 Å². The Labute approximate surface area is 107 Å². The first kappa shape index (κ1) is 16.3. The highest BCUT2D eigenvalue weighted by molar-refractivity contribution is 5.97. The second-order valence-corrected chi connectivity index (χ2v) is 3.92. The lowest BCUT2D eigenvalue weighted by Crippen LogP contribution is -2.33. The van der Waals surface area contributed by atoms with E-state index in [2.05, 4.69) is 17.2 Å². The number of rotatable bonds is 7. The van der Waals surface area contributed by atoms with Crippen LogP contribution in [0.4, 0.5) is 0 Å². The third-order valence-electron chi connectivity index (χ3n) is 2.27. The van der Waals surface area contributed by atoms with E-state index in [-0.39, 0.29) is 11.8 Å². The van der Waals surface area contributed by atoms with E-state index in [0.29, 0.717) is 42.9 Å². The molecular weight excluding hydrogens is 232 g/mol. The van der Waals surface area contributed by atoms with Gasteiger partial charge in [-0.3, -0.25) is 9.59 Å². The molecule has 0 atom stereocenters. The number of nitrogens with one attached hydrogen (secondary N) is 2. The quantitative estimate of drug-likeness (QED) is 0.454. The minimum atomic E-state index is -0.315. The molecule has 0 bridgehead atoms. The van der Waals surface area contributed by atoms with Crippen LogP contribution in [0.2, 0.25) is 0 Å². The molecule has 0 spiro atoms. The molecule has 0 aliphatic rings. The fourth-order valence-corrected chi connectivity index (χ4v) is 1.19. The second-order valence-electron chi connectivity index (χ2n) is 3.92. The molecule has 0 aliphatic heterocycles. The van der Waals surface area contributed by atoms with Crippen molar-refractivity contribution in [2.75, 3.05) is 19.6 Å². The van der Waals surface area contributed by atoms with E-state index >= 15 is 0 Å². The minimum absolute atomic E-state index is 0.258. The topological polar surface area (TPSA) is 110 Å². The molecular formula is C12H22N4O2. The molecule has 0 fully saturated rings. The Morgan fingerprint density at radius 3 is 2.17 bits per heavy atom. The molecule has 2 amide bonds. The number of nitrogens with two attached hydrogens (primary N) is 2. The summed E-state index contributed by atoms with van der Waals surface area (Å²) in [5.74, 6) is -0.574. The fourth-order valence-electron chi connectivity index (χ4n) is 1.19. The highest BCUT2D eigenvalue weighted by Crippen LogP contribution is 2.06. The molecule has 18 heavy (non-hydrogen) atoms. The van der Waals surface area contributed by atoms with Crippen LogP contribution in [-0.4, -0.2) is 31.4 Å². The van der Waals surface area contributed by atoms with Crippen LogP contribution in [0.3, 0.4) is 0 Å². The molecule has 0 unspecified atom stereocenters. The number of carbonyl (C=O) groups is 2. The van der Waals surface area contributed by atoms with Gasteiger partial charge in [-0.15, -0.1) is 0 Å². The monoisotopic (exact) mass is 254 g/mol. The van der Waals surface area contributed by atoms with Gasteiger partial charge in [0, 0.05) is 36.4 Å². The van der Waals surface area contributed by atoms with Crippen LogP contribution in [0, 0.1) is 0 Å². The maximum Gasteiger partial charge on any atom is 0.250 e. The summed E-state index contributed by atoms with van der Waals surface area (Å²) in [5, 5.41) is 5.28. The number of amides is 2. The van der Waals surface area contributed by atoms with Gasteiger partial charge in [0.2, 0.25) is 11.8 Å². The van der Waals surface area contributed by atoms with Crippen molar-refractivity contribution in [3.63, 3.8) is 0 Å². The molecule has 0 heterocycles. The standard InChI is InChI=1S/C12H22N4O2/c1-8(2)11(17)16-10(4-5-13)9(3)12(18)15-7-6-14/h1,4-7,13-14H2,2-3H3,(H,15,18)(H,16,17). The van der Waals surface area contributed by atoms with Crippen LogP contribution in [0.1, 0.15) is 20.3 Å². The second kappa shape index (κ2) is 8.43. The van der Waals surface area contributed by atoms with Crippen LogP contribution in [-0.2, 0) is 9.59 Å². The lowest BCUT2D eigenvalue weighted by Gasteiger charge is -2.13. The van der Waals surface area contributed by atoms with Gasteiger partial charge < -0.3 is 22.1 Å². The molecule has 0 aromatic rings. The van der Waals surface area contributed by atoms with Gasteiger partial charge in [0.05, 0.1) is 0 Å². The highest BCUT2D eigenvalue weighted by atomic mass is 16.2. The summed E-state index contributed by atoms with van der Waals surface area (Å²) in [6, 6.07) is 0. The van der Waals surface area contributed by atoms with Gasteiger partial charge in [0.25, 0.3) is 0 Å². The number of hydrogen-bond acceptors (Lipinski definition) is 4. The van der Waals surface area contributed by atoms with Gasteiger partial charge >= 0.3 is 0 Å². The van der Waals surface area contributed by atoms with Crippen LogP contribution < -0.4 is 22.1 Å². The van der Waals surface area contributed by atoms with Crippen molar-refractivity contribution in [1.82, 2.24) is 10.6 Å². The zero-order chi connectivity index (χ0) is 14.1. The summed E-state index contributed by atoms with van der Waals surface area (Å²) in [5.41, 5.74) is 12.1. The molecule has 6 nitrogen and oxygen atoms in total. The summed E-state index contributed by atoms with van der Waals surface area (Å²) in [7, 11) is 0. The third kappa shape index (κ3) is 5.60. The highest BCUT2D eigenvalue weighted by Gasteiger charge is 2.12. The minimum Gasteiger partial charge on any atom is -0.351 e. The fraction of sp³-hybridized carbons (Fsp3) is 0.500. The molecule has 0 rings (SSSR count). The van der Waals surface area contributed by atoms with Gasteiger partial charge in [-0.25, -0.2) is 0 Å². The van der Waals surface area contributed by atoms with E-state index in [1.165, 1.54) is 0 Å². The van der Waals surface area contributed by atoms with Gasteiger partial charge in [0.1, 0.15) is 0 Å². The maximum atomic E-state index is 11.7. The first-order chi connectivity index (χ1) is 8.43. The van der Waals surface area contributed by atoms with Crippen molar-refractivity contribution in [2.24, 2.45) is 11.5 Å². The van der Waals surface area contributed by atoms with Crippen molar-refractivity contribution in [1.29, 1.82) is 0 Å². The smallest absolute Gasteiger partial charge is 0.250 e. The average molecular weight is 254 g/mol. The van der Waals surface area contributed by atoms with Crippen molar-refractivity contribution >= 4 is 11.8 Å². The van der Waals surface area contributed by atoms with Crippen LogP contribution in [0.5, 0.6) is 0 Å². The van der Waals surface area contributed by atoms with Gasteiger partial charge in [0.15, 0.2) is 0 Å². The molecule has 0 saturated carbocycles. The van der Waals surface area contributed by atoms with E-state index in [1.54, 1.807) is 13.8 Å². The predicted molar refractivity (Wildman–Crippen MR) is 71.4 cm³/mol. The summed E-state index contributed by atoms with van der Waals surface area (Å²) >= 11 is 0. The third-order valence-corrected chi connectivity index (χ3v) is 2.27. The Kier molecular flexibility index (Phi) is 7.66. The van der Waals surface area contributed by atoms with Crippen molar-refractivity contribution in [3.8, 4) is 0 Å². The summed E-state index contributed by atoms with van der Waals surface area (Å²) < 4.78 is 0. The summed E-state index contributed by atoms with van der Waals surface area (Å²) in [6.45, 7) is 7.86. The largest absolute Gasteiger partial charge is 0.351 e. The molecule has 6 heteroatoms. The predicted octanol–water partition coefficient (Wildman–Crippen LogP) is -0.624. The Balaban J connectivity index is 4.87. The van der Waals surface area contributed by atoms with Gasteiger partial charge in [-0.2, -0.15) is 0 Å². The Hall–Kier alpha value is -1.66. The zero-order valence-electron chi connectivity index (χ0n) is 11.0. The van der Waals surface area contributed by atoms with Crippen molar-refractivity contribution in [2.45, 2.75) is 20.3 Å². The maximum absolute atomic E-state index is 11.7. The van der Waals surface area contributed by atoms with Gasteiger partial charge in [-0.1, -0.05) is 6.58 Å². The van der Waals surface area contributed by atoms with E-state index in [9.17, 15) is 9.59 Å². The molecule has 102 valence electrons. The summed E-state index contributed by atoms with van der Waals surface area (Å²) in [6.07, 6.45) is 0.418. The zero-order valence-corrected chi connectivity index (χ0v) is 11.0. The normalized spacial score (nSPS) is 11.6. The molecule has 6 N–H and O–H groups in total. The number of hydrogen-bond donors (Lipinski definition) is 4. The van der Waals surface area contributed by atoms with Gasteiger partial charge in [-0.05, 0) is 20.4 Å². The number of carbonyl (C=O) groups excluding carboxylic acids is 2. The lowest BCUT2D eigenvalue weighted by molar-refractivity contribution is -0.117. The van der Waals surface area contributed by atoms with Crippen LogP contribution in [0.25, 0.3) is 0 Å². The van der Waals surface area contributed by atoms with E-state index in [4.69, 9.17) is 11.5 Å². The van der Waals surface area contributed by atoms with E-state index in [1.807, 2.05) is 0 Å². The lowest BCUT2D eigenvalue weighted by atomic mass is 10.1. The first-order valence-corrected chi connectivity index (χ1v) is 5.79. The van der Waals surface area contributed by atoms with E-state index in [0.717, 1.165) is 0 Å². The molecule has 0 aromatic carbocycles. The molecule has 0 saturated heterocycles. The average Bonchev–Trinajstić information content (AvgIpc) is 2.34. The molecule has 0 aromatic heterocycles. The first-order valence-electron chi connectivity index (χ1n) is 5.79. The Bertz CT molecular complexity index is 361. The van der Waals surface area contributed by atoms with Crippen LogP contribution in [0.15, 0.2) is 23.4 Å². The van der Waals surface area contributed by atoms with Crippen molar-refractivity contribution in [3.05, 3.63) is 23.4 Å². The summed E-state index contributed by atoms with van der Waals surface area (Å²) in [4.78, 5) is 23.3. The molecule has 0 aliphatic carbocycles. The molecule has 0 radical (unpaired) electrons. The Morgan fingerprint density at radius 2 is 1.72 bits per heavy atom. The van der Waals surface area contributed by atoms with Crippen LogP contribution >= 0.6 is 0 Å². The Morgan fingerprint density at radius 1 is 1.11 bits per heavy atom. The van der Waals surface area contributed by atoms with E-state index < -0.39 is 0 Å². The SMILES string of the molecule is C=C(C)C(=O)NC(CCN)=C(C)C(=O)NCCN.